The van der Waals surface area contributed by atoms with E-state index in [1.54, 1.807) is 17.1 Å². The molecule has 0 radical (unpaired) electrons. The van der Waals surface area contributed by atoms with Gasteiger partial charge in [-0.15, -0.1) is 11.6 Å². The first-order valence-corrected chi connectivity index (χ1v) is 6.42. The number of hydrogen-bond acceptors (Lipinski definition) is 3. The van der Waals surface area contributed by atoms with Crippen molar-refractivity contribution in [2.24, 2.45) is 7.05 Å². The zero-order valence-corrected chi connectivity index (χ0v) is 11.4. The molecule has 2 heterocycles. The van der Waals surface area contributed by atoms with Crippen LogP contribution >= 0.6 is 11.6 Å². The Kier molecular flexibility index (Phi) is 4.82. The Bertz CT molecular complexity index is 598. The van der Waals surface area contributed by atoms with Gasteiger partial charge in [-0.3, -0.25) is 9.67 Å². The molecular formula is C14H14ClN3O. The van der Waals surface area contributed by atoms with Crippen molar-refractivity contribution in [3.05, 3.63) is 42.0 Å². The summed E-state index contributed by atoms with van der Waals surface area (Å²) >= 11 is 5.57. The largest absolute Gasteiger partial charge is 0.486 e. The number of alkyl halides is 1. The molecule has 19 heavy (non-hydrogen) atoms. The summed E-state index contributed by atoms with van der Waals surface area (Å²) in [5, 5.41) is 4.24. The summed E-state index contributed by atoms with van der Waals surface area (Å²) in [5.74, 6) is 7.18. The van der Waals surface area contributed by atoms with Crippen molar-refractivity contribution >= 4 is 11.6 Å². The molecule has 0 fully saturated rings. The van der Waals surface area contributed by atoms with Gasteiger partial charge in [-0.25, -0.2) is 0 Å². The first-order valence-electron chi connectivity index (χ1n) is 5.89. The molecule has 5 heteroatoms. The second-order valence-corrected chi connectivity index (χ2v) is 4.30. The minimum Gasteiger partial charge on any atom is -0.486 e. The predicted molar refractivity (Wildman–Crippen MR) is 74.0 cm³/mol. The molecular weight excluding hydrogens is 262 g/mol. The van der Waals surface area contributed by atoms with Crippen molar-refractivity contribution in [2.75, 3.05) is 5.88 Å². The van der Waals surface area contributed by atoms with E-state index in [9.17, 15) is 0 Å². The van der Waals surface area contributed by atoms with Crippen molar-refractivity contribution in [3.8, 4) is 17.6 Å². The van der Waals surface area contributed by atoms with Crippen LogP contribution in [0.25, 0.3) is 0 Å². The number of rotatable bonds is 4. The van der Waals surface area contributed by atoms with Crippen molar-refractivity contribution in [1.82, 2.24) is 14.8 Å². The van der Waals surface area contributed by atoms with Gasteiger partial charge in [-0.2, -0.15) is 5.10 Å². The van der Waals surface area contributed by atoms with Crippen LogP contribution in [0.2, 0.25) is 0 Å². The molecule has 4 nitrogen and oxygen atoms in total. The smallest absolute Gasteiger partial charge is 0.139 e. The lowest BCUT2D eigenvalue weighted by Crippen LogP contribution is -1.98. The lowest BCUT2D eigenvalue weighted by molar-refractivity contribution is 0.299. The van der Waals surface area contributed by atoms with Gasteiger partial charge in [0.1, 0.15) is 12.4 Å². The number of halogens is 1. The minimum absolute atomic E-state index is 0.418. The third-order valence-electron chi connectivity index (χ3n) is 2.32. The fourth-order valence-corrected chi connectivity index (χ4v) is 1.57. The van der Waals surface area contributed by atoms with E-state index in [4.69, 9.17) is 16.3 Å². The molecule has 0 saturated heterocycles. The van der Waals surface area contributed by atoms with E-state index in [2.05, 4.69) is 21.9 Å². The van der Waals surface area contributed by atoms with Crippen LogP contribution in [0.1, 0.15) is 17.7 Å². The lowest BCUT2D eigenvalue weighted by Gasteiger charge is -2.03. The Morgan fingerprint density at radius 3 is 3.05 bits per heavy atom. The van der Waals surface area contributed by atoms with Gasteiger partial charge in [0, 0.05) is 37.3 Å². The Labute approximate surface area is 117 Å². The molecule has 2 aromatic rings. The number of nitrogens with zero attached hydrogens (tertiary/aromatic N) is 3. The molecule has 0 spiro atoms. The zero-order valence-electron chi connectivity index (χ0n) is 10.6. The molecule has 0 unspecified atom stereocenters. The summed E-state index contributed by atoms with van der Waals surface area (Å²) in [6.07, 6.45) is 5.91. The predicted octanol–water partition coefficient (Wildman–Crippen LogP) is 2.37. The van der Waals surface area contributed by atoms with E-state index in [1.807, 2.05) is 25.4 Å². The highest BCUT2D eigenvalue weighted by atomic mass is 35.5. The molecule has 2 rings (SSSR count). The third-order valence-corrected chi connectivity index (χ3v) is 2.51. The average Bonchev–Trinajstić information content (AvgIpc) is 2.83. The van der Waals surface area contributed by atoms with Crippen molar-refractivity contribution in [2.45, 2.75) is 13.0 Å². The Morgan fingerprint density at radius 1 is 1.42 bits per heavy atom. The molecule has 98 valence electrons. The van der Waals surface area contributed by atoms with Crippen molar-refractivity contribution < 1.29 is 4.74 Å². The Balaban J connectivity index is 1.97. The average molecular weight is 276 g/mol. The molecule has 0 aliphatic carbocycles. The van der Waals surface area contributed by atoms with Crippen molar-refractivity contribution in [1.29, 1.82) is 0 Å². The first-order chi connectivity index (χ1) is 9.28. The molecule has 0 aliphatic heterocycles. The molecule has 0 aliphatic rings. The highest BCUT2D eigenvalue weighted by Gasteiger charge is 2.00. The molecule has 0 aromatic carbocycles. The van der Waals surface area contributed by atoms with Gasteiger partial charge >= 0.3 is 0 Å². The number of ether oxygens (including phenoxy) is 1. The molecule has 0 bridgehead atoms. The normalized spacial score (nSPS) is 9.79. The maximum absolute atomic E-state index is 5.62. The fourth-order valence-electron chi connectivity index (χ4n) is 1.48. The highest BCUT2D eigenvalue weighted by Crippen LogP contribution is 2.12. The summed E-state index contributed by atoms with van der Waals surface area (Å²) in [5.41, 5.74) is 1.70. The number of aromatic nitrogens is 3. The van der Waals surface area contributed by atoms with Crippen LogP contribution < -0.4 is 4.74 Å². The van der Waals surface area contributed by atoms with E-state index < -0.39 is 0 Å². The maximum Gasteiger partial charge on any atom is 0.139 e. The van der Waals surface area contributed by atoms with Crippen LogP contribution in [-0.4, -0.2) is 20.6 Å². The molecule has 0 atom stereocenters. The van der Waals surface area contributed by atoms with E-state index in [0.29, 0.717) is 24.7 Å². The maximum atomic E-state index is 5.62. The zero-order chi connectivity index (χ0) is 13.5. The number of aryl methyl sites for hydroxylation is 1. The Morgan fingerprint density at radius 2 is 2.32 bits per heavy atom. The van der Waals surface area contributed by atoms with Gasteiger partial charge in [0.15, 0.2) is 0 Å². The quantitative estimate of drug-likeness (QED) is 0.635. The summed E-state index contributed by atoms with van der Waals surface area (Å²) in [6.45, 7) is 0.418. The first kappa shape index (κ1) is 13.4. The van der Waals surface area contributed by atoms with Gasteiger partial charge in [0.2, 0.25) is 0 Å². The Hall–Kier alpha value is -1.99. The highest BCUT2D eigenvalue weighted by molar-refractivity contribution is 6.18. The van der Waals surface area contributed by atoms with E-state index >= 15 is 0 Å². The SMILES string of the molecule is Cn1ccc(COc2cncc(C#CCCCl)c2)n1. The molecule has 0 amide bonds. The monoisotopic (exact) mass is 275 g/mol. The van der Waals surface area contributed by atoms with Crippen LogP contribution in [0.15, 0.2) is 30.7 Å². The van der Waals surface area contributed by atoms with Gasteiger partial charge in [-0.05, 0) is 12.1 Å². The van der Waals surface area contributed by atoms with Gasteiger partial charge in [0.05, 0.1) is 11.9 Å². The topological polar surface area (TPSA) is 39.9 Å². The summed E-state index contributed by atoms with van der Waals surface area (Å²) in [7, 11) is 1.87. The summed E-state index contributed by atoms with van der Waals surface area (Å²) in [6, 6.07) is 3.77. The van der Waals surface area contributed by atoms with Crippen molar-refractivity contribution in [3.63, 3.8) is 0 Å². The minimum atomic E-state index is 0.418. The van der Waals surface area contributed by atoms with Gasteiger partial charge in [0.25, 0.3) is 0 Å². The van der Waals surface area contributed by atoms with Crippen LogP contribution in [0, 0.1) is 11.8 Å². The second-order valence-electron chi connectivity index (χ2n) is 3.92. The molecule has 0 N–H and O–H groups in total. The molecule has 2 aromatic heterocycles. The summed E-state index contributed by atoms with van der Waals surface area (Å²) in [4.78, 5) is 4.09. The van der Waals surface area contributed by atoms with Crippen LogP contribution in [0.4, 0.5) is 0 Å². The van der Waals surface area contributed by atoms with Gasteiger partial charge < -0.3 is 4.74 Å². The van der Waals surface area contributed by atoms with E-state index in [0.717, 1.165) is 11.3 Å². The second kappa shape index (κ2) is 6.81. The van der Waals surface area contributed by atoms with Crippen LogP contribution in [0.5, 0.6) is 5.75 Å². The molecule has 0 saturated carbocycles. The number of hydrogen-bond donors (Lipinski definition) is 0. The lowest BCUT2D eigenvalue weighted by atomic mass is 10.2. The standard InChI is InChI=1S/C14H14ClN3O/c1-18-7-5-13(17-18)11-19-14-8-12(9-16-10-14)4-2-3-6-15/h5,7-10H,3,6,11H2,1H3. The fraction of sp³-hybridized carbons (Fsp3) is 0.286. The van der Waals surface area contributed by atoms with Crippen LogP contribution in [-0.2, 0) is 13.7 Å². The van der Waals surface area contributed by atoms with Gasteiger partial charge in [-0.1, -0.05) is 11.8 Å². The van der Waals surface area contributed by atoms with Crippen LogP contribution in [0.3, 0.4) is 0 Å². The number of pyridine rings is 1. The summed E-state index contributed by atoms with van der Waals surface area (Å²) < 4.78 is 7.36. The van der Waals surface area contributed by atoms with E-state index in [1.165, 1.54) is 0 Å². The third kappa shape index (κ3) is 4.31. The van der Waals surface area contributed by atoms with E-state index in [-0.39, 0.29) is 0 Å².